The number of fused-ring (bicyclic) bond motifs is 3. The van der Waals surface area contributed by atoms with E-state index in [-0.39, 0.29) is 5.56 Å². The van der Waals surface area contributed by atoms with Crippen LogP contribution < -0.4 is 10.9 Å². The van der Waals surface area contributed by atoms with Gasteiger partial charge in [-0.1, -0.05) is 17.7 Å². The summed E-state index contributed by atoms with van der Waals surface area (Å²) in [5.74, 6) is -0.400. The maximum atomic E-state index is 12.3. The Labute approximate surface area is 159 Å². The van der Waals surface area contributed by atoms with Crippen LogP contribution in [0.2, 0.25) is 5.02 Å². The van der Waals surface area contributed by atoms with Crippen LogP contribution in [0, 0.1) is 0 Å². The number of halogens is 1. The molecule has 0 atom stereocenters. The molecule has 0 aliphatic carbocycles. The molecule has 2 aromatic carbocycles. The van der Waals surface area contributed by atoms with Crippen molar-refractivity contribution in [3.8, 4) is 0 Å². The number of hydrogen-bond acceptors (Lipinski definition) is 4. The number of hydrogen-bond donors (Lipinski definition) is 3. The van der Waals surface area contributed by atoms with Crippen molar-refractivity contribution in [3.05, 3.63) is 69.6 Å². The molecular weight excluding hydrogens is 366 g/mol. The van der Waals surface area contributed by atoms with E-state index < -0.39 is 5.97 Å². The molecule has 2 aromatic heterocycles. The van der Waals surface area contributed by atoms with Crippen molar-refractivity contribution in [2.75, 3.05) is 11.9 Å². The molecule has 0 aliphatic heterocycles. The molecule has 0 amide bonds. The third kappa shape index (κ3) is 3.15. The Morgan fingerprint density at radius 1 is 1.22 bits per heavy atom. The highest BCUT2D eigenvalue weighted by Gasteiger charge is 2.15. The smallest absolute Gasteiger partial charge is 0.338 e. The van der Waals surface area contributed by atoms with Gasteiger partial charge in [0.1, 0.15) is 5.52 Å². The van der Waals surface area contributed by atoms with E-state index in [1.54, 1.807) is 43.5 Å². The van der Waals surface area contributed by atoms with E-state index in [2.05, 4.69) is 15.3 Å². The Balaban J connectivity index is 1.92. The second-order valence-corrected chi connectivity index (χ2v) is 6.46. The van der Waals surface area contributed by atoms with Gasteiger partial charge in [0, 0.05) is 33.2 Å². The number of pyridine rings is 1. The van der Waals surface area contributed by atoms with E-state index in [1.165, 1.54) is 0 Å². The fourth-order valence-corrected chi connectivity index (χ4v) is 3.28. The second kappa shape index (κ2) is 6.81. The number of carbonyl (C=O) groups is 1. The van der Waals surface area contributed by atoms with Gasteiger partial charge in [-0.3, -0.25) is 4.79 Å². The van der Waals surface area contributed by atoms with E-state index >= 15 is 0 Å². The first-order valence-corrected chi connectivity index (χ1v) is 8.81. The summed E-state index contributed by atoms with van der Waals surface area (Å²) in [4.78, 5) is 30.2. The molecule has 3 N–H and O–H groups in total. The molecule has 27 heavy (non-hydrogen) atoms. The van der Waals surface area contributed by atoms with Gasteiger partial charge in [-0.05, 0) is 43.3 Å². The minimum Gasteiger partial charge on any atom is -0.462 e. The molecular formula is C20H16ClN3O3. The largest absolute Gasteiger partial charge is 0.462 e. The quantitative estimate of drug-likeness (QED) is 0.451. The van der Waals surface area contributed by atoms with Crippen molar-refractivity contribution < 1.29 is 9.53 Å². The third-order valence-electron chi connectivity index (χ3n) is 4.26. The average molecular weight is 382 g/mol. The molecule has 6 nitrogen and oxygen atoms in total. The zero-order chi connectivity index (χ0) is 19.0. The Kier molecular flexibility index (Phi) is 4.33. The van der Waals surface area contributed by atoms with Gasteiger partial charge in [0.2, 0.25) is 0 Å². The monoisotopic (exact) mass is 381 g/mol. The highest BCUT2D eigenvalue weighted by Crippen LogP contribution is 2.32. The molecule has 0 unspecified atom stereocenters. The van der Waals surface area contributed by atoms with Gasteiger partial charge in [-0.15, -0.1) is 0 Å². The second-order valence-electron chi connectivity index (χ2n) is 6.02. The van der Waals surface area contributed by atoms with Gasteiger partial charge in [0.25, 0.3) is 5.56 Å². The number of benzene rings is 2. The molecule has 2 heterocycles. The van der Waals surface area contributed by atoms with E-state index in [9.17, 15) is 9.59 Å². The lowest BCUT2D eigenvalue weighted by Gasteiger charge is -2.08. The Bertz CT molecular complexity index is 1230. The molecule has 0 radical (unpaired) electrons. The van der Waals surface area contributed by atoms with Crippen LogP contribution in [0.1, 0.15) is 17.3 Å². The SMILES string of the molecule is CCOC(=O)c1ccc2[nH]c3c(=O)[nH]cc(Nc4cccc(Cl)c4)c3c2c1. The van der Waals surface area contributed by atoms with Crippen LogP contribution in [0.25, 0.3) is 21.8 Å². The van der Waals surface area contributed by atoms with Crippen molar-refractivity contribution in [3.63, 3.8) is 0 Å². The molecule has 136 valence electrons. The first-order chi connectivity index (χ1) is 13.1. The number of H-pyrrole nitrogens is 2. The summed E-state index contributed by atoms with van der Waals surface area (Å²) in [5.41, 5.74) is 2.85. The van der Waals surface area contributed by atoms with Crippen LogP contribution in [0.5, 0.6) is 0 Å². The molecule has 4 rings (SSSR count). The topological polar surface area (TPSA) is 87.0 Å². The Morgan fingerprint density at radius 2 is 2.07 bits per heavy atom. The molecule has 4 aromatic rings. The van der Waals surface area contributed by atoms with Gasteiger partial charge in [-0.25, -0.2) is 4.79 Å². The van der Waals surface area contributed by atoms with Crippen molar-refractivity contribution in [1.82, 2.24) is 9.97 Å². The van der Waals surface area contributed by atoms with Crippen LogP contribution >= 0.6 is 11.6 Å². The first-order valence-electron chi connectivity index (χ1n) is 8.43. The first kappa shape index (κ1) is 17.2. The standard InChI is InChI=1S/C20H16ClN3O3/c1-2-27-20(26)11-6-7-15-14(8-11)17-16(10-22-19(25)18(17)24-15)23-13-5-3-4-12(21)9-13/h3-10,23-24H,2H2,1H3,(H,22,25). The third-order valence-corrected chi connectivity index (χ3v) is 4.49. The number of aromatic nitrogens is 2. The van der Waals surface area contributed by atoms with Crippen LogP contribution in [-0.4, -0.2) is 22.5 Å². The molecule has 0 saturated heterocycles. The lowest BCUT2D eigenvalue weighted by Crippen LogP contribution is -2.06. The molecule has 0 fully saturated rings. The Morgan fingerprint density at radius 3 is 2.85 bits per heavy atom. The number of anilines is 2. The van der Waals surface area contributed by atoms with Crippen LogP contribution in [0.15, 0.2) is 53.5 Å². The summed E-state index contributed by atoms with van der Waals surface area (Å²) >= 11 is 6.06. The van der Waals surface area contributed by atoms with Crippen molar-refractivity contribution in [2.45, 2.75) is 6.92 Å². The fourth-order valence-electron chi connectivity index (χ4n) is 3.09. The summed E-state index contributed by atoms with van der Waals surface area (Å²) in [7, 11) is 0. The summed E-state index contributed by atoms with van der Waals surface area (Å²) in [6, 6.07) is 12.5. The van der Waals surface area contributed by atoms with Gasteiger partial charge >= 0.3 is 5.97 Å². The number of esters is 1. The van der Waals surface area contributed by atoms with Crippen molar-refractivity contribution in [1.29, 1.82) is 0 Å². The van der Waals surface area contributed by atoms with Crippen LogP contribution in [0.4, 0.5) is 11.4 Å². The average Bonchev–Trinajstić information content (AvgIpc) is 3.04. The number of ether oxygens (including phenoxy) is 1. The van der Waals surface area contributed by atoms with Crippen molar-refractivity contribution in [2.24, 2.45) is 0 Å². The molecule has 0 spiro atoms. The predicted octanol–water partition coefficient (Wildman–Crippen LogP) is 4.58. The zero-order valence-corrected chi connectivity index (χ0v) is 15.2. The van der Waals surface area contributed by atoms with Gasteiger partial charge in [0.05, 0.1) is 17.9 Å². The zero-order valence-electron chi connectivity index (χ0n) is 14.4. The lowest BCUT2D eigenvalue weighted by molar-refractivity contribution is 0.0526. The fraction of sp³-hybridized carbons (Fsp3) is 0.100. The maximum absolute atomic E-state index is 12.3. The molecule has 0 aliphatic rings. The van der Waals surface area contributed by atoms with E-state index in [1.807, 2.05) is 12.1 Å². The molecule has 7 heteroatoms. The normalized spacial score (nSPS) is 11.0. The molecule has 0 saturated carbocycles. The van der Waals surface area contributed by atoms with E-state index in [0.717, 1.165) is 16.6 Å². The summed E-state index contributed by atoms with van der Waals surface area (Å²) < 4.78 is 5.08. The number of rotatable bonds is 4. The predicted molar refractivity (Wildman–Crippen MR) is 107 cm³/mol. The van der Waals surface area contributed by atoms with Gasteiger partial charge in [0.15, 0.2) is 0 Å². The number of aromatic amines is 2. The number of nitrogens with one attached hydrogen (secondary N) is 3. The van der Waals surface area contributed by atoms with E-state index in [0.29, 0.717) is 33.8 Å². The minimum atomic E-state index is -0.400. The Hall–Kier alpha value is -3.25. The van der Waals surface area contributed by atoms with Gasteiger partial charge < -0.3 is 20.0 Å². The highest BCUT2D eigenvalue weighted by molar-refractivity contribution is 6.30. The summed E-state index contributed by atoms with van der Waals surface area (Å²) in [6.07, 6.45) is 1.61. The maximum Gasteiger partial charge on any atom is 0.338 e. The highest BCUT2D eigenvalue weighted by atomic mass is 35.5. The minimum absolute atomic E-state index is 0.240. The van der Waals surface area contributed by atoms with Crippen molar-refractivity contribution >= 4 is 50.8 Å². The number of carbonyl (C=O) groups excluding carboxylic acids is 1. The lowest BCUT2D eigenvalue weighted by atomic mass is 10.1. The summed E-state index contributed by atoms with van der Waals surface area (Å²) in [5, 5.41) is 5.33. The van der Waals surface area contributed by atoms with Crippen LogP contribution in [-0.2, 0) is 4.74 Å². The van der Waals surface area contributed by atoms with Crippen LogP contribution in [0.3, 0.4) is 0 Å². The molecule has 0 bridgehead atoms. The van der Waals surface area contributed by atoms with Gasteiger partial charge in [-0.2, -0.15) is 0 Å². The van der Waals surface area contributed by atoms with E-state index in [4.69, 9.17) is 16.3 Å². The summed E-state index contributed by atoms with van der Waals surface area (Å²) in [6.45, 7) is 2.06.